The summed E-state index contributed by atoms with van der Waals surface area (Å²) < 4.78 is 19.3. The predicted molar refractivity (Wildman–Crippen MR) is 71.0 cm³/mol. The van der Waals surface area contributed by atoms with Crippen LogP contribution in [-0.4, -0.2) is 6.29 Å². The molecule has 18 heavy (non-hydrogen) atoms. The first-order chi connectivity index (χ1) is 8.61. The van der Waals surface area contributed by atoms with Crippen molar-refractivity contribution in [3.05, 3.63) is 57.3 Å². The quantitative estimate of drug-likeness (QED) is 0.594. The van der Waals surface area contributed by atoms with E-state index in [-0.39, 0.29) is 10.8 Å². The van der Waals surface area contributed by atoms with E-state index in [1.165, 1.54) is 6.07 Å². The van der Waals surface area contributed by atoms with Gasteiger partial charge in [0.1, 0.15) is 17.3 Å². The number of halogens is 3. The van der Waals surface area contributed by atoms with Gasteiger partial charge >= 0.3 is 0 Å². The maximum atomic E-state index is 13.3. The molecule has 2 nitrogen and oxygen atoms in total. The number of aldehydes is 1. The molecule has 0 aliphatic heterocycles. The molecule has 0 aromatic heterocycles. The molecule has 2 aromatic rings. The summed E-state index contributed by atoms with van der Waals surface area (Å²) in [7, 11) is 0. The maximum Gasteiger partial charge on any atom is 0.153 e. The average Bonchev–Trinajstić information content (AvgIpc) is 2.36. The fourth-order valence-electron chi connectivity index (χ4n) is 1.37. The third-order valence-corrected chi connectivity index (χ3v) is 3.15. The first kappa shape index (κ1) is 13.1. The van der Waals surface area contributed by atoms with Gasteiger partial charge in [-0.2, -0.15) is 0 Å². The van der Waals surface area contributed by atoms with Gasteiger partial charge in [0.2, 0.25) is 0 Å². The Labute approximate surface area is 116 Å². The summed E-state index contributed by atoms with van der Waals surface area (Å²) in [5, 5.41) is -0.00195. The highest BCUT2D eigenvalue weighted by atomic mass is 79.9. The van der Waals surface area contributed by atoms with Crippen LogP contribution < -0.4 is 4.74 Å². The number of para-hydroxylation sites is 1. The Kier molecular flexibility index (Phi) is 3.99. The van der Waals surface area contributed by atoms with Gasteiger partial charge in [0.25, 0.3) is 0 Å². The fourth-order valence-corrected chi connectivity index (χ4v) is 2.09. The standard InChI is InChI=1S/C13H7BrClFO2/c14-9-5-10(15)11(16)6-13(9)18-12-4-2-1-3-8(12)7-17/h1-7H. The van der Waals surface area contributed by atoms with Gasteiger partial charge in [0, 0.05) is 6.07 Å². The second kappa shape index (κ2) is 5.50. The highest BCUT2D eigenvalue weighted by Gasteiger charge is 2.10. The lowest BCUT2D eigenvalue weighted by Gasteiger charge is -2.10. The normalized spacial score (nSPS) is 10.2. The minimum absolute atomic E-state index is 0.00195. The lowest BCUT2D eigenvalue weighted by molar-refractivity contribution is 0.112. The molecule has 0 heterocycles. The molecule has 0 spiro atoms. The Morgan fingerprint density at radius 3 is 2.67 bits per heavy atom. The zero-order valence-electron chi connectivity index (χ0n) is 8.99. The van der Waals surface area contributed by atoms with Crippen LogP contribution in [0.5, 0.6) is 11.5 Å². The first-order valence-electron chi connectivity index (χ1n) is 4.98. The summed E-state index contributed by atoms with van der Waals surface area (Å²) in [6.07, 6.45) is 0.676. The van der Waals surface area contributed by atoms with Crippen molar-refractivity contribution >= 4 is 33.8 Å². The van der Waals surface area contributed by atoms with E-state index >= 15 is 0 Å². The summed E-state index contributed by atoms with van der Waals surface area (Å²) in [5.41, 5.74) is 0.389. The number of hydrogen-bond acceptors (Lipinski definition) is 2. The predicted octanol–water partition coefficient (Wildman–Crippen LogP) is 4.85. The smallest absolute Gasteiger partial charge is 0.153 e. The van der Waals surface area contributed by atoms with Gasteiger partial charge in [0.15, 0.2) is 6.29 Å². The molecule has 0 amide bonds. The van der Waals surface area contributed by atoms with Crippen LogP contribution in [0, 0.1) is 5.82 Å². The molecule has 5 heteroatoms. The molecule has 2 rings (SSSR count). The molecule has 0 aliphatic rings. The number of rotatable bonds is 3. The molecule has 0 atom stereocenters. The van der Waals surface area contributed by atoms with Crippen LogP contribution in [0.4, 0.5) is 4.39 Å². The van der Waals surface area contributed by atoms with Crippen LogP contribution >= 0.6 is 27.5 Å². The Balaban J connectivity index is 2.40. The van der Waals surface area contributed by atoms with Crippen molar-refractivity contribution in [3.63, 3.8) is 0 Å². The molecule has 0 saturated heterocycles. The largest absolute Gasteiger partial charge is 0.455 e. The zero-order chi connectivity index (χ0) is 13.1. The van der Waals surface area contributed by atoms with Crippen molar-refractivity contribution in [1.82, 2.24) is 0 Å². The molecule has 0 bridgehead atoms. The van der Waals surface area contributed by atoms with E-state index in [0.29, 0.717) is 22.1 Å². The van der Waals surface area contributed by atoms with Gasteiger partial charge in [0.05, 0.1) is 15.1 Å². The van der Waals surface area contributed by atoms with Crippen LogP contribution in [0.1, 0.15) is 10.4 Å². The van der Waals surface area contributed by atoms with Gasteiger partial charge in [-0.15, -0.1) is 0 Å². The topological polar surface area (TPSA) is 26.3 Å². The van der Waals surface area contributed by atoms with E-state index < -0.39 is 5.82 Å². The second-order valence-corrected chi connectivity index (χ2v) is 4.72. The number of benzene rings is 2. The van der Waals surface area contributed by atoms with Gasteiger partial charge in [-0.3, -0.25) is 4.79 Å². The summed E-state index contributed by atoms with van der Waals surface area (Å²) >= 11 is 8.85. The van der Waals surface area contributed by atoms with Crippen LogP contribution in [0.3, 0.4) is 0 Å². The third-order valence-electron chi connectivity index (χ3n) is 2.24. The Hall–Kier alpha value is -1.39. The first-order valence-corrected chi connectivity index (χ1v) is 6.15. The Bertz CT molecular complexity index is 602. The minimum atomic E-state index is -0.585. The highest BCUT2D eigenvalue weighted by Crippen LogP contribution is 2.34. The Morgan fingerprint density at radius 1 is 1.22 bits per heavy atom. The van der Waals surface area contributed by atoms with E-state index in [2.05, 4.69) is 15.9 Å². The maximum absolute atomic E-state index is 13.3. The molecule has 0 unspecified atom stereocenters. The van der Waals surface area contributed by atoms with Crippen LogP contribution in [0.25, 0.3) is 0 Å². The van der Waals surface area contributed by atoms with Gasteiger partial charge in [-0.05, 0) is 34.1 Å². The van der Waals surface area contributed by atoms with Crippen molar-refractivity contribution in [1.29, 1.82) is 0 Å². The lowest BCUT2D eigenvalue weighted by Crippen LogP contribution is -1.92. The molecule has 0 N–H and O–H groups in total. The van der Waals surface area contributed by atoms with Gasteiger partial charge in [-0.25, -0.2) is 4.39 Å². The summed E-state index contributed by atoms with van der Waals surface area (Å²) in [6.45, 7) is 0. The van der Waals surface area contributed by atoms with Crippen molar-refractivity contribution < 1.29 is 13.9 Å². The second-order valence-electron chi connectivity index (χ2n) is 3.45. The van der Waals surface area contributed by atoms with Crippen molar-refractivity contribution in [2.24, 2.45) is 0 Å². The SMILES string of the molecule is O=Cc1ccccc1Oc1cc(F)c(Cl)cc1Br. The molecular formula is C13H7BrClFO2. The summed E-state index contributed by atoms with van der Waals surface area (Å²) in [6, 6.07) is 9.24. The van der Waals surface area contributed by atoms with Crippen molar-refractivity contribution in [2.75, 3.05) is 0 Å². The van der Waals surface area contributed by atoms with Gasteiger partial charge < -0.3 is 4.74 Å². The number of ether oxygens (including phenoxy) is 1. The average molecular weight is 330 g/mol. The molecule has 92 valence electrons. The fraction of sp³-hybridized carbons (Fsp3) is 0. The molecule has 0 radical (unpaired) electrons. The molecule has 0 fully saturated rings. The van der Waals surface area contributed by atoms with E-state index in [0.717, 1.165) is 6.07 Å². The molecule has 0 saturated carbocycles. The molecular weight excluding hydrogens is 322 g/mol. The van der Waals surface area contributed by atoms with E-state index in [1.807, 2.05) is 0 Å². The number of carbonyl (C=O) groups excluding carboxylic acids is 1. The summed E-state index contributed by atoms with van der Waals surface area (Å²) in [4.78, 5) is 10.8. The van der Waals surface area contributed by atoms with E-state index in [9.17, 15) is 9.18 Å². The van der Waals surface area contributed by atoms with Crippen LogP contribution in [0.2, 0.25) is 5.02 Å². The zero-order valence-corrected chi connectivity index (χ0v) is 11.3. The third kappa shape index (κ3) is 2.71. The number of hydrogen-bond donors (Lipinski definition) is 0. The molecule has 2 aromatic carbocycles. The molecule has 0 aliphatic carbocycles. The number of carbonyl (C=O) groups is 1. The van der Waals surface area contributed by atoms with E-state index in [4.69, 9.17) is 16.3 Å². The van der Waals surface area contributed by atoms with E-state index in [1.54, 1.807) is 24.3 Å². The minimum Gasteiger partial charge on any atom is -0.455 e. The van der Waals surface area contributed by atoms with Crippen molar-refractivity contribution in [2.45, 2.75) is 0 Å². The van der Waals surface area contributed by atoms with Gasteiger partial charge in [-0.1, -0.05) is 23.7 Å². The summed E-state index contributed by atoms with van der Waals surface area (Å²) in [5.74, 6) is 0.0274. The van der Waals surface area contributed by atoms with Crippen LogP contribution in [-0.2, 0) is 0 Å². The highest BCUT2D eigenvalue weighted by molar-refractivity contribution is 9.10. The lowest BCUT2D eigenvalue weighted by atomic mass is 10.2. The van der Waals surface area contributed by atoms with Crippen molar-refractivity contribution in [3.8, 4) is 11.5 Å². The monoisotopic (exact) mass is 328 g/mol. The Morgan fingerprint density at radius 2 is 1.94 bits per heavy atom. The van der Waals surface area contributed by atoms with Crippen LogP contribution in [0.15, 0.2) is 40.9 Å².